The Kier molecular flexibility index (Phi) is 21.6. The zero-order valence-electron chi connectivity index (χ0n) is 72.9. The molecule has 8 nitrogen and oxygen atoms in total. The fourth-order valence-corrected chi connectivity index (χ4v) is 18.7. The highest BCUT2D eigenvalue weighted by Crippen LogP contribution is 2.44. The molecule has 25 rings (SSSR count). The molecule has 0 aliphatic carbocycles. The van der Waals surface area contributed by atoms with Crippen LogP contribution >= 0.6 is 0 Å². The Morgan fingerprint density at radius 1 is 0.134 bits per heavy atom. The maximum Gasteiger partial charge on any atom is 0.0900 e. The summed E-state index contributed by atoms with van der Waals surface area (Å²) in [5.41, 5.74) is 35.3. The molecule has 17 aromatic carbocycles. The topological polar surface area (TPSA) is 103 Å². The van der Waals surface area contributed by atoms with E-state index in [1.807, 2.05) is 67.0 Å². The molecule has 0 aliphatic heterocycles. The molecule has 0 bridgehead atoms. The third-order valence-electron chi connectivity index (χ3n) is 25.4. The van der Waals surface area contributed by atoms with Gasteiger partial charge in [-0.05, 0) is 231 Å². The normalized spacial score (nSPS) is 11.3. The predicted octanol–water partition coefficient (Wildman–Crippen LogP) is 32.8. The summed E-state index contributed by atoms with van der Waals surface area (Å²) in [4.78, 5) is 39.0. The molecule has 134 heavy (non-hydrogen) atoms. The predicted molar refractivity (Wildman–Crippen MR) is 558 cm³/mol. The summed E-state index contributed by atoms with van der Waals surface area (Å²) < 4.78 is 0. The minimum Gasteiger partial charge on any atom is -0.256 e. The van der Waals surface area contributed by atoms with Gasteiger partial charge in [-0.2, -0.15) is 0 Å². The number of benzene rings is 17. The van der Waals surface area contributed by atoms with Crippen molar-refractivity contribution in [1.82, 2.24) is 39.9 Å². The molecule has 0 fully saturated rings. The molecule has 0 unspecified atom stereocenters. The van der Waals surface area contributed by atoms with Gasteiger partial charge < -0.3 is 0 Å². The Labute approximate surface area is 776 Å². The number of hydrogen-bond acceptors (Lipinski definition) is 8. The van der Waals surface area contributed by atoms with Gasteiger partial charge in [0.15, 0.2) is 0 Å². The van der Waals surface area contributed by atoms with Crippen LogP contribution in [0.1, 0.15) is 0 Å². The zero-order chi connectivity index (χ0) is 89.0. The van der Waals surface area contributed by atoms with Crippen molar-refractivity contribution in [1.29, 1.82) is 0 Å². The van der Waals surface area contributed by atoms with Crippen LogP contribution in [0.25, 0.3) is 244 Å². The Morgan fingerprint density at radius 2 is 0.463 bits per heavy atom. The smallest absolute Gasteiger partial charge is 0.0900 e. The van der Waals surface area contributed by atoms with Gasteiger partial charge in [-0.15, -0.1) is 0 Å². The van der Waals surface area contributed by atoms with Crippen molar-refractivity contribution < 1.29 is 0 Å². The highest BCUT2D eigenvalue weighted by molar-refractivity contribution is 6.17. The Hall–Kier alpha value is -18.0. The van der Waals surface area contributed by atoms with Gasteiger partial charge in [-0.3, -0.25) is 19.9 Å². The third kappa shape index (κ3) is 16.3. The van der Waals surface area contributed by atoms with E-state index in [1.165, 1.54) is 93.0 Å². The number of rotatable bonds is 14. The van der Waals surface area contributed by atoms with Gasteiger partial charge in [0.25, 0.3) is 0 Å². The minimum atomic E-state index is 0.811. The first-order chi connectivity index (χ1) is 66.4. The molecule has 8 heteroatoms. The van der Waals surface area contributed by atoms with Crippen LogP contribution in [-0.4, -0.2) is 39.9 Å². The van der Waals surface area contributed by atoms with E-state index in [9.17, 15) is 0 Å². The molecule has 25 aromatic rings. The van der Waals surface area contributed by atoms with Crippen molar-refractivity contribution in [2.24, 2.45) is 0 Å². The van der Waals surface area contributed by atoms with Crippen LogP contribution in [0.3, 0.4) is 0 Å². The Balaban J connectivity index is 0.000000114. The molecule has 0 N–H and O–H groups in total. The molecule has 0 radical (unpaired) electrons. The van der Waals surface area contributed by atoms with Crippen LogP contribution in [-0.2, 0) is 0 Å². The maximum atomic E-state index is 5.22. The summed E-state index contributed by atoms with van der Waals surface area (Å²) in [6.07, 6.45) is 7.41. The summed E-state index contributed by atoms with van der Waals surface area (Å²) in [5.74, 6) is 0. The van der Waals surface area contributed by atoms with Crippen molar-refractivity contribution in [3.63, 3.8) is 0 Å². The number of pyridine rings is 8. The lowest BCUT2D eigenvalue weighted by molar-refractivity contribution is 1.22. The van der Waals surface area contributed by atoms with Crippen molar-refractivity contribution in [2.45, 2.75) is 0 Å². The van der Waals surface area contributed by atoms with E-state index >= 15 is 0 Å². The number of fused-ring (bicyclic) bond motifs is 11. The number of aromatic nitrogens is 8. The first-order valence-electron chi connectivity index (χ1n) is 45.2. The van der Waals surface area contributed by atoms with Crippen molar-refractivity contribution in [3.8, 4) is 157 Å². The van der Waals surface area contributed by atoms with Gasteiger partial charge >= 0.3 is 0 Å². The lowest BCUT2D eigenvalue weighted by atomic mass is 9.93. The quantitative estimate of drug-likeness (QED) is 0.0992. The van der Waals surface area contributed by atoms with Gasteiger partial charge in [-0.1, -0.05) is 364 Å². The molecule has 8 heterocycles. The molecular formula is C126H82N8. The number of nitrogens with zero attached hydrogens (tertiary/aromatic N) is 8. The van der Waals surface area contributed by atoms with Crippen LogP contribution < -0.4 is 0 Å². The number of para-hydroxylation sites is 2. The Bertz CT molecular complexity index is 8630. The fraction of sp³-hybridized carbons (Fsp3) is 0. The molecule has 0 amide bonds. The molecule has 626 valence electrons. The minimum absolute atomic E-state index is 0.811. The summed E-state index contributed by atoms with van der Waals surface area (Å²) in [5, 5.41) is 13.2. The van der Waals surface area contributed by atoms with E-state index in [1.54, 1.807) is 12.4 Å². The molecule has 0 atom stereocenters. The van der Waals surface area contributed by atoms with Crippen molar-refractivity contribution in [3.05, 3.63) is 498 Å². The lowest BCUT2D eigenvalue weighted by Gasteiger charge is -2.14. The van der Waals surface area contributed by atoms with Crippen molar-refractivity contribution >= 4 is 86.8 Å². The van der Waals surface area contributed by atoms with Crippen LogP contribution in [0.4, 0.5) is 0 Å². The second-order valence-electron chi connectivity index (χ2n) is 33.6. The van der Waals surface area contributed by atoms with E-state index in [0.717, 1.165) is 151 Å². The second kappa shape index (κ2) is 35.9. The van der Waals surface area contributed by atoms with Gasteiger partial charge in [0.05, 0.1) is 67.4 Å². The van der Waals surface area contributed by atoms with Crippen LogP contribution in [0.5, 0.6) is 0 Å². The summed E-state index contributed by atoms with van der Waals surface area (Å²) in [7, 11) is 0. The number of hydrogen-bond donors (Lipinski definition) is 0. The Morgan fingerprint density at radius 3 is 0.888 bits per heavy atom. The van der Waals surface area contributed by atoms with E-state index < -0.39 is 0 Å². The fourth-order valence-electron chi connectivity index (χ4n) is 18.7. The lowest BCUT2D eigenvalue weighted by Crippen LogP contribution is -1.94. The van der Waals surface area contributed by atoms with E-state index in [2.05, 4.69) is 439 Å². The first kappa shape index (κ1) is 80.6. The highest BCUT2D eigenvalue weighted by atomic mass is 14.8. The molecule has 0 spiro atoms. The molecule has 0 aliphatic rings. The molecule has 0 saturated carbocycles. The average molecular weight is 1710 g/mol. The monoisotopic (exact) mass is 1710 g/mol. The van der Waals surface area contributed by atoms with Crippen LogP contribution in [0, 0.1) is 0 Å². The second-order valence-corrected chi connectivity index (χ2v) is 33.6. The SMILES string of the molecule is c1ccc(-c2cc(-c3cccc(-c4ccc(-c5cc(-c6ccccn6)nc(-c6ccccn6)c5)cc4)c3)nc3ccc4ccccc4c23)cc1.c1ccc(-c2cc(-c3cccc(-c4ccc(-c5cccc6cccnc56)cc4)c3)nc3ccc4ccccc4c23)cc1.c1ccc(-c2cc(-c3cccc(-c4ccc(-c5cnc6ccccc6c5)cc4)c3)nc3ccc4ccccc4c23)cc1. The third-order valence-corrected chi connectivity index (χ3v) is 25.4. The summed E-state index contributed by atoms with van der Waals surface area (Å²) in [6, 6.07) is 166. The van der Waals surface area contributed by atoms with Crippen molar-refractivity contribution in [2.75, 3.05) is 0 Å². The van der Waals surface area contributed by atoms with Gasteiger partial charge in [0.1, 0.15) is 0 Å². The first-order valence-corrected chi connectivity index (χ1v) is 45.2. The molecule has 8 aromatic heterocycles. The highest BCUT2D eigenvalue weighted by Gasteiger charge is 2.20. The van der Waals surface area contributed by atoms with E-state index in [-0.39, 0.29) is 0 Å². The van der Waals surface area contributed by atoms with E-state index in [0.29, 0.717) is 0 Å². The largest absolute Gasteiger partial charge is 0.256 e. The molecule has 0 saturated heterocycles. The average Bonchev–Trinajstić information content (AvgIpc) is 0.759. The maximum absolute atomic E-state index is 5.22. The van der Waals surface area contributed by atoms with Gasteiger partial charge in [0, 0.05) is 79.5 Å². The molecular weight excluding hydrogens is 1630 g/mol. The standard InChI is InChI=1S/C46H30N4.2C40H26N2/c1-2-11-33(12-3-1)39-30-43(49-42-24-23-34-13-4-5-16-38(34)46(39)42)36-15-10-14-35(27-36)31-19-21-32(22-20-31)37-28-44(40-17-6-8-25-47-40)50-45(29-37)41-18-7-9-26-48-41;1-2-9-29(10-3-1)36-25-39(42-38-22-21-30-11-4-6-15-35(30)40(36)38)33-14-8-13-31(23-33)27-17-19-28(20-18-27)34-24-32-12-5-7-16-37(32)41-26-34;1-2-9-28(10-3-1)36-26-38(42-37-23-22-29-11-4-5-16-34(29)39(36)37)33-14-6-13-32(25-33)27-18-20-30(21-19-27)35-17-7-12-31-15-8-24-41-40(31)35/h1-30H;2*1-26H. The van der Waals surface area contributed by atoms with Gasteiger partial charge in [-0.25, -0.2) is 19.9 Å². The summed E-state index contributed by atoms with van der Waals surface area (Å²) >= 11 is 0. The van der Waals surface area contributed by atoms with Gasteiger partial charge in [0.2, 0.25) is 0 Å². The van der Waals surface area contributed by atoms with Crippen LogP contribution in [0.15, 0.2) is 498 Å². The zero-order valence-corrected chi connectivity index (χ0v) is 72.9. The van der Waals surface area contributed by atoms with E-state index in [4.69, 9.17) is 19.9 Å². The summed E-state index contributed by atoms with van der Waals surface area (Å²) in [6.45, 7) is 0. The van der Waals surface area contributed by atoms with Crippen LogP contribution in [0.2, 0.25) is 0 Å².